The molecule has 0 radical (unpaired) electrons. The molecule has 1 aliphatic heterocycles. The number of sulfone groups is 1. The zero-order chi connectivity index (χ0) is 18.8. The second kappa shape index (κ2) is 7.43. The molecule has 25 heavy (non-hydrogen) atoms. The highest BCUT2D eigenvalue weighted by Crippen LogP contribution is 2.22. The van der Waals surface area contributed by atoms with E-state index in [0.29, 0.717) is 12.2 Å². The SMILES string of the molecule is COc1ccc(C)cc1C(=O)O[C@@H](C)C(=O)N(C)[C@H]1CCS(=O)(=O)C1. The van der Waals surface area contributed by atoms with E-state index in [0.717, 1.165) is 5.56 Å². The number of hydrogen-bond acceptors (Lipinski definition) is 6. The van der Waals surface area contributed by atoms with Crippen molar-refractivity contribution in [1.82, 2.24) is 4.90 Å². The number of carbonyl (C=O) groups is 2. The van der Waals surface area contributed by atoms with Gasteiger partial charge in [-0.2, -0.15) is 0 Å². The van der Waals surface area contributed by atoms with Crippen molar-refractivity contribution in [3.63, 3.8) is 0 Å². The Morgan fingerprint density at radius 1 is 1.32 bits per heavy atom. The molecule has 7 nitrogen and oxygen atoms in total. The number of hydrogen-bond donors (Lipinski definition) is 0. The lowest BCUT2D eigenvalue weighted by Gasteiger charge is -2.26. The average Bonchev–Trinajstić information content (AvgIpc) is 2.93. The van der Waals surface area contributed by atoms with Crippen LogP contribution in [-0.2, 0) is 19.4 Å². The number of rotatable bonds is 5. The first kappa shape index (κ1) is 19.2. The number of ether oxygens (including phenoxy) is 2. The van der Waals surface area contributed by atoms with Crippen molar-refractivity contribution in [1.29, 1.82) is 0 Å². The van der Waals surface area contributed by atoms with Crippen LogP contribution in [0.1, 0.15) is 29.3 Å². The molecule has 0 spiro atoms. The molecule has 2 rings (SSSR count). The Morgan fingerprint density at radius 3 is 2.56 bits per heavy atom. The van der Waals surface area contributed by atoms with Gasteiger partial charge in [-0.05, 0) is 32.4 Å². The molecule has 1 amide bonds. The van der Waals surface area contributed by atoms with Gasteiger partial charge in [0.25, 0.3) is 5.91 Å². The Balaban J connectivity index is 2.06. The van der Waals surface area contributed by atoms with Gasteiger partial charge < -0.3 is 14.4 Å². The molecule has 8 heteroatoms. The van der Waals surface area contributed by atoms with Gasteiger partial charge in [0, 0.05) is 13.1 Å². The molecule has 1 aliphatic rings. The summed E-state index contributed by atoms with van der Waals surface area (Å²) >= 11 is 0. The largest absolute Gasteiger partial charge is 0.496 e. The lowest BCUT2D eigenvalue weighted by atomic mass is 10.1. The Kier molecular flexibility index (Phi) is 5.72. The maximum atomic E-state index is 12.5. The molecular formula is C17H23NO6S. The van der Waals surface area contributed by atoms with Gasteiger partial charge in [-0.15, -0.1) is 0 Å². The van der Waals surface area contributed by atoms with E-state index >= 15 is 0 Å². The van der Waals surface area contributed by atoms with Crippen LogP contribution in [0.15, 0.2) is 18.2 Å². The minimum atomic E-state index is -3.10. The summed E-state index contributed by atoms with van der Waals surface area (Å²) in [6.07, 6.45) is -0.622. The topological polar surface area (TPSA) is 90.0 Å². The number of amides is 1. The number of carbonyl (C=O) groups excluding carboxylic acids is 2. The number of benzene rings is 1. The normalized spacial score (nSPS) is 19.9. The van der Waals surface area contributed by atoms with Crippen LogP contribution in [-0.4, -0.2) is 63.0 Å². The van der Waals surface area contributed by atoms with Crippen LogP contribution >= 0.6 is 0 Å². The molecule has 138 valence electrons. The van der Waals surface area contributed by atoms with E-state index in [1.807, 2.05) is 6.92 Å². The number of methoxy groups -OCH3 is 1. The van der Waals surface area contributed by atoms with Crippen molar-refractivity contribution < 1.29 is 27.5 Å². The summed E-state index contributed by atoms with van der Waals surface area (Å²) in [6, 6.07) is 4.71. The maximum absolute atomic E-state index is 12.5. The van der Waals surface area contributed by atoms with Crippen molar-refractivity contribution in [2.75, 3.05) is 25.7 Å². The predicted molar refractivity (Wildman–Crippen MR) is 92.4 cm³/mol. The highest BCUT2D eigenvalue weighted by atomic mass is 32.2. The van der Waals surface area contributed by atoms with Crippen molar-refractivity contribution in [3.8, 4) is 5.75 Å². The van der Waals surface area contributed by atoms with E-state index in [4.69, 9.17) is 9.47 Å². The number of aryl methyl sites for hydroxylation is 1. The zero-order valence-corrected chi connectivity index (χ0v) is 15.6. The molecule has 0 unspecified atom stereocenters. The zero-order valence-electron chi connectivity index (χ0n) is 14.8. The highest BCUT2D eigenvalue weighted by molar-refractivity contribution is 7.91. The summed E-state index contributed by atoms with van der Waals surface area (Å²) in [5, 5.41) is 0. The van der Waals surface area contributed by atoms with E-state index in [1.54, 1.807) is 18.2 Å². The van der Waals surface area contributed by atoms with E-state index in [2.05, 4.69) is 0 Å². The second-order valence-electron chi connectivity index (χ2n) is 6.26. The third-order valence-corrected chi connectivity index (χ3v) is 6.06. The molecule has 1 saturated heterocycles. The fourth-order valence-electron chi connectivity index (χ4n) is 2.80. The molecular weight excluding hydrogens is 346 g/mol. The third-order valence-electron chi connectivity index (χ3n) is 4.31. The fourth-order valence-corrected chi connectivity index (χ4v) is 4.58. The summed E-state index contributed by atoms with van der Waals surface area (Å²) < 4.78 is 33.6. The summed E-state index contributed by atoms with van der Waals surface area (Å²) in [5.74, 6) is -0.702. The number of likely N-dealkylation sites (N-methyl/N-ethyl adjacent to an activating group) is 1. The van der Waals surface area contributed by atoms with Gasteiger partial charge in [0.1, 0.15) is 11.3 Å². The van der Waals surface area contributed by atoms with Gasteiger partial charge in [0.15, 0.2) is 15.9 Å². The molecule has 0 saturated carbocycles. The van der Waals surface area contributed by atoms with Gasteiger partial charge in [-0.1, -0.05) is 11.6 Å². The molecule has 0 N–H and O–H groups in total. The minimum absolute atomic E-state index is 0.0540. The average molecular weight is 369 g/mol. The summed E-state index contributed by atoms with van der Waals surface area (Å²) in [7, 11) is -0.116. The highest BCUT2D eigenvalue weighted by Gasteiger charge is 2.35. The van der Waals surface area contributed by atoms with E-state index in [9.17, 15) is 18.0 Å². The summed E-state index contributed by atoms with van der Waals surface area (Å²) in [5.41, 5.74) is 1.10. The van der Waals surface area contributed by atoms with E-state index in [-0.39, 0.29) is 23.1 Å². The van der Waals surface area contributed by atoms with E-state index in [1.165, 1.54) is 26.0 Å². The molecule has 1 heterocycles. The van der Waals surface area contributed by atoms with Crippen molar-refractivity contribution in [2.45, 2.75) is 32.4 Å². The van der Waals surface area contributed by atoms with Gasteiger partial charge in [-0.25, -0.2) is 13.2 Å². The van der Waals surface area contributed by atoms with Crippen LogP contribution in [0.4, 0.5) is 0 Å². The monoisotopic (exact) mass is 369 g/mol. The first-order chi connectivity index (χ1) is 11.6. The maximum Gasteiger partial charge on any atom is 0.342 e. The van der Waals surface area contributed by atoms with Crippen LogP contribution in [0.2, 0.25) is 0 Å². The van der Waals surface area contributed by atoms with Crippen molar-refractivity contribution >= 4 is 21.7 Å². The Labute approximate surface area is 147 Å². The first-order valence-electron chi connectivity index (χ1n) is 7.97. The predicted octanol–water partition coefficient (Wildman–Crippen LogP) is 1.19. The number of esters is 1. The molecule has 1 fully saturated rings. The minimum Gasteiger partial charge on any atom is -0.496 e. The Bertz CT molecular complexity index is 773. The molecule has 0 aromatic heterocycles. The summed E-state index contributed by atoms with van der Waals surface area (Å²) in [4.78, 5) is 26.2. The molecule has 1 aromatic carbocycles. The van der Waals surface area contributed by atoms with Crippen LogP contribution < -0.4 is 4.74 Å². The third kappa shape index (κ3) is 4.50. The van der Waals surface area contributed by atoms with Gasteiger partial charge in [0.2, 0.25) is 0 Å². The van der Waals surface area contributed by atoms with Gasteiger partial charge >= 0.3 is 5.97 Å². The Morgan fingerprint density at radius 2 is 2.00 bits per heavy atom. The quantitative estimate of drug-likeness (QED) is 0.725. The second-order valence-corrected chi connectivity index (χ2v) is 8.49. The molecule has 1 aromatic rings. The lowest BCUT2D eigenvalue weighted by molar-refractivity contribution is -0.140. The number of nitrogens with zero attached hydrogens (tertiary/aromatic N) is 1. The summed E-state index contributed by atoms with van der Waals surface area (Å²) in [6.45, 7) is 3.31. The Hall–Kier alpha value is -2.09. The molecule has 0 aliphatic carbocycles. The standard InChI is InChI=1S/C17H23NO6S/c1-11-5-6-15(23-4)14(9-11)17(20)24-12(2)16(19)18(3)13-7-8-25(21,22)10-13/h5-6,9,12-13H,7-8,10H2,1-4H3/t12-,13-/m0/s1. The van der Waals surface area contributed by atoms with Crippen LogP contribution in [0.25, 0.3) is 0 Å². The molecule has 2 atom stereocenters. The van der Waals surface area contributed by atoms with Crippen molar-refractivity contribution in [2.24, 2.45) is 0 Å². The van der Waals surface area contributed by atoms with Crippen LogP contribution in [0, 0.1) is 6.92 Å². The first-order valence-corrected chi connectivity index (χ1v) is 9.79. The van der Waals surface area contributed by atoms with Crippen LogP contribution in [0.5, 0.6) is 5.75 Å². The fraction of sp³-hybridized carbons (Fsp3) is 0.529. The van der Waals surface area contributed by atoms with Gasteiger partial charge in [0.05, 0.1) is 18.6 Å². The molecule has 0 bridgehead atoms. The van der Waals surface area contributed by atoms with Crippen molar-refractivity contribution in [3.05, 3.63) is 29.3 Å². The van der Waals surface area contributed by atoms with E-state index < -0.39 is 27.8 Å². The smallest absolute Gasteiger partial charge is 0.342 e. The van der Waals surface area contributed by atoms with Gasteiger partial charge in [-0.3, -0.25) is 4.79 Å². The van der Waals surface area contributed by atoms with Crippen LogP contribution in [0.3, 0.4) is 0 Å². The lowest BCUT2D eigenvalue weighted by Crippen LogP contribution is -2.44.